The lowest BCUT2D eigenvalue weighted by Gasteiger charge is -2.06. The van der Waals surface area contributed by atoms with Crippen molar-refractivity contribution in [2.75, 3.05) is 14.1 Å². The molecule has 0 aliphatic carbocycles. The molecule has 0 aromatic carbocycles. The molecule has 15 heavy (non-hydrogen) atoms. The number of nitrogens with zero attached hydrogens (tertiary/aromatic N) is 3. The third-order valence-corrected chi connectivity index (χ3v) is 1.70. The monoisotopic (exact) mass is 209 g/mol. The van der Waals surface area contributed by atoms with E-state index < -0.39 is 7.12 Å². The molecule has 0 saturated carbocycles. The van der Waals surface area contributed by atoms with Crippen molar-refractivity contribution in [2.45, 2.75) is 0 Å². The highest BCUT2D eigenvalue weighted by atomic mass is 16.4. The van der Waals surface area contributed by atoms with Gasteiger partial charge < -0.3 is 15.1 Å². The van der Waals surface area contributed by atoms with Crippen LogP contribution in [0.2, 0.25) is 0 Å². The number of carbonyl (C=O) groups excluding carboxylic acids is 1. The van der Waals surface area contributed by atoms with Crippen LogP contribution >= 0.6 is 0 Å². The minimum Gasteiger partial charge on any atom is -0.423 e. The van der Waals surface area contributed by atoms with E-state index in [1.807, 2.05) is 0 Å². The maximum atomic E-state index is 10.6. The highest BCUT2D eigenvalue weighted by molar-refractivity contribution is 6.58. The smallest absolute Gasteiger partial charge is 0.423 e. The predicted molar refractivity (Wildman–Crippen MR) is 55.7 cm³/mol. The van der Waals surface area contributed by atoms with Crippen molar-refractivity contribution in [1.82, 2.24) is 9.58 Å². The van der Waals surface area contributed by atoms with Gasteiger partial charge in [-0.2, -0.15) is 5.10 Å². The molecule has 1 aromatic rings. The van der Waals surface area contributed by atoms with Gasteiger partial charge in [0, 0.05) is 20.3 Å². The zero-order valence-electron chi connectivity index (χ0n) is 8.53. The fourth-order valence-corrected chi connectivity index (χ4v) is 1.05. The van der Waals surface area contributed by atoms with Gasteiger partial charge in [-0.3, -0.25) is 9.36 Å². The topological polar surface area (TPSA) is 78.1 Å². The van der Waals surface area contributed by atoms with Gasteiger partial charge in [-0.1, -0.05) is 0 Å². The first-order valence-electron chi connectivity index (χ1n) is 4.30. The fraction of sp³-hybridized carbons (Fsp3) is 0.250. The molecule has 7 heteroatoms. The van der Waals surface area contributed by atoms with Gasteiger partial charge in [-0.25, -0.2) is 0 Å². The van der Waals surface area contributed by atoms with Crippen LogP contribution in [0.3, 0.4) is 0 Å². The van der Waals surface area contributed by atoms with Gasteiger partial charge >= 0.3 is 7.12 Å². The summed E-state index contributed by atoms with van der Waals surface area (Å²) < 4.78 is 1.24. The van der Waals surface area contributed by atoms with Crippen molar-refractivity contribution < 1.29 is 14.8 Å². The Kier molecular flexibility index (Phi) is 3.65. The zero-order chi connectivity index (χ0) is 11.4. The summed E-state index contributed by atoms with van der Waals surface area (Å²) in [6.45, 7) is 0. The fourth-order valence-electron chi connectivity index (χ4n) is 1.05. The van der Waals surface area contributed by atoms with Crippen LogP contribution in [-0.2, 0) is 4.79 Å². The van der Waals surface area contributed by atoms with E-state index in [1.54, 1.807) is 14.1 Å². The lowest BCUT2D eigenvalue weighted by atomic mass is 9.81. The van der Waals surface area contributed by atoms with Crippen LogP contribution in [0.5, 0.6) is 0 Å². The Bertz CT molecular complexity index is 414. The van der Waals surface area contributed by atoms with E-state index in [-0.39, 0.29) is 5.46 Å². The number of hydrogen-bond acceptors (Lipinski definition) is 5. The van der Waals surface area contributed by atoms with Crippen LogP contribution in [0, 0.1) is 0 Å². The molecule has 6 nitrogen and oxygen atoms in total. The number of carbonyl (C=O) groups is 1. The molecule has 0 aliphatic heterocycles. The number of hydrogen-bond donors (Lipinski definition) is 2. The second-order valence-electron chi connectivity index (χ2n) is 3.15. The number of aromatic nitrogens is 1. The molecular formula is C8H12BN3O3. The third kappa shape index (κ3) is 2.93. The van der Waals surface area contributed by atoms with E-state index in [2.05, 4.69) is 5.10 Å². The molecule has 0 saturated heterocycles. The summed E-state index contributed by atoms with van der Waals surface area (Å²) in [4.78, 5) is 10.6. The van der Waals surface area contributed by atoms with E-state index in [1.165, 1.54) is 27.9 Å². The minimum absolute atomic E-state index is 0.286. The average Bonchev–Trinajstić information content (AvgIpc) is 2.16. The van der Waals surface area contributed by atoms with E-state index in [0.717, 1.165) is 0 Å². The second-order valence-corrected chi connectivity index (χ2v) is 3.15. The standard InChI is InChI=1S/C8H12BN3O3/c1-11(2)10-8-5-7(9(14)15)3-4-12(8)6-13/h3-6,14-15H,1-2H3/b10-8-. The molecule has 80 valence electrons. The number of rotatable bonds is 3. The lowest BCUT2D eigenvalue weighted by Crippen LogP contribution is -2.36. The highest BCUT2D eigenvalue weighted by Gasteiger charge is 2.10. The second kappa shape index (κ2) is 4.76. The van der Waals surface area contributed by atoms with Crippen LogP contribution < -0.4 is 11.0 Å². The van der Waals surface area contributed by atoms with Crippen LogP contribution in [0.1, 0.15) is 0 Å². The molecule has 1 aromatic heterocycles. The van der Waals surface area contributed by atoms with Crippen LogP contribution in [0.25, 0.3) is 0 Å². The van der Waals surface area contributed by atoms with Gasteiger partial charge in [-0.05, 0) is 17.6 Å². The average molecular weight is 209 g/mol. The SMILES string of the molecule is CN(C)/N=c1/cc(B(O)O)ccn1C=O. The van der Waals surface area contributed by atoms with Crippen LogP contribution in [0.15, 0.2) is 23.4 Å². The summed E-state index contributed by atoms with van der Waals surface area (Å²) in [5, 5.41) is 23.4. The first-order valence-corrected chi connectivity index (χ1v) is 4.30. The van der Waals surface area contributed by atoms with Crippen molar-refractivity contribution in [3.63, 3.8) is 0 Å². The third-order valence-electron chi connectivity index (χ3n) is 1.70. The molecule has 0 radical (unpaired) electrons. The summed E-state index contributed by atoms with van der Waals surface area (Å²) in [7, 11) is 1.84. The minimum atomic E-state index is -1.57. The quantitative estimate of drug-likeness (QED) is 0.330. The predicted octanol–water partition coefficient (Wildman–Crippen LogP) is -2.42. The van der Waals surface area contributed by atoms with Crippen molar-refractivity contribution in [2.24, 2.45) is 5.10 Å². The van der Waals surface area contributed by atoms with Gasteiger partial charge in [0.2, 0.25) is 6.41 Å². The Morgan fingerprint density at radius 2 is 2.20 bits per heavy atom. The summed E-state index contributed by atoms with van der Waals surface area (Å²) in [5.41, 5.74) is 0.620. The lowest BCUT2D eigenvalue weighted by molar-refractivity contribution is 0.413. The first kappa shape index (κ1) is 11.5. The number of pyridine rings is 1. The molecule has 1 heterocycles. The Hall–Kier alpha value is -1.60. The van der Waals surface area contributed by atoms with Crippen molar-refractivity contribution in [1.29, 1.82) is 0 Å². The van der Waals surface area contributed by atoms with Crippen LogP contribution in [0.4, 0.5) is 0 Å². The van der Waals surface area contributed by atoms with Gasteiger partial charge in [-0.15, -0.1) is 0 Å². The van der Waals surface area contributed by atoms with E-state index in [0.29, 0.717) is 11.9 Å². The molecule has 0 spiro atoms. The molecule has 0 amide bonds. The van der Waals surface area contributed by atoms with E-state index in [9.17, 15) is 4.79 Å². The molecule has 0 aliphatic rings. The van der Waals surface area contributed by atoms with Crippen molar-refractivity contribution >= 4 is 19.0 Å². The Labute approximate surface area is 87.2 Å². The molecule has 0 unspecified atom stereocenters. The molecule has 1 rings (SSSR count). The Morgan fingerprint density at radius 1 is 1.53 bits per heavy atom. The van der Waals surface area contributed by atoms with Crippen molar-refractivity contribution in [3.8, 4) is 0 Å². The van der Waals surface area contributed by atoms with E-state index in [4.69, 9.17) is 10.0 Å². The summed E-state index contributed by atoms with van der Waals surface area (Å²) >= 11 is 0. The van der Waals surface area contributed by atoms with Gasteiger partial charge in [0.05, 0.1) is 0 Å². The van der Waals surface area contributed by atoms with Crippen molar-refractivity contribution in [3.05, 3.63) is 23.8 Å². The van der Waals surface area contributed by atoms with Gasteiger partial charge in [0.25, 0.3) is 0 Å². The van der Waals surface area contributed by atoms with Gasteiger partial charge in [0.15, 0.2) is 5.49 Å². The molecule has 0 atom stereocenters. The van der Waals surface area contributed by atoms with Crippen LogP contribution in [-0.4, -0.2) is 47.2 Å². The Balaban J connectivity index is 3.31. The maximum absolute atomic E-state index is 10.6. The molecule has 0 bridgehead atoms. The van der Waals surface area contributed by atoms with E-state index >= 15 is 0 Å². The summed E-state index contributed by atoms with van der Waals surface area (Å²) in [6, 6.07) is 2.87. The maximum Gasteiger partial charge on any atom is 0.488 e. The Morgan fingerprint density at radius 3 is 2.67 bits per heavy atom. The zero-order valence-corrected chi connectivity index (χ0v) is 8.53. The normalized spacial score (nSPS) is 11.3. The largest absolute Gasteiger partial charge is 0.488 e. The summed E-state index contributed by atoms with van der Waals surface area (Å²) in [6.07, 6.45) is 2.01. The molecule has 0 fully saturated rings. The molecule has 2 N–H and O–H groups in total. The molecular weight excluding hydrogens is 197 g/mol. The first-order chi connectivity index (χ1) is 7.04. The highest BCUT2D eigenvalue weighted by Crippen LogP contribution is 1.80. The summed E-state index contributed by atoms with van der Waals surface area (Å²) in [5.74, 6) is 0. The van der Waals surface area contributed by atoms with Gasteiger partial charge in [0.1, 0.15) is 0 Å².